The van der Waals surface area contributed by atoms with Gasteiger partial charge in [0.05, 0.1) is 15.2 Å². The fourth-order valence-electron chi connectivity index (χ4n) is 3.37. The number of hydrogen-bond donors (Lipinski definition) is 0. The van der Waals surface area contributed by atoms with Gasteiger partial charge in [-0.1, -0.05) is 60.1 Å². The predicted octanol–water partition coefficient (Wildman–Crippen LogP) is 5.35. The summed E-state index contributed by atoms with van der Waals surface area (Å²) < 4.78 is 28.0. The van der Waals surface area contributed by atoms with Gasteiger partial charge in [0.2, 0.25) is 10.0 Å². The monoisotopic (exact) mass is 460 g/mol. The number of rotatable bonds is 5. The lowest BCUT2D eigenvalue weighted by molar-refractivity contribution is -0.384. The summed E-state index contributed by atoms with van der Waals surface area (Å²) in [5.74, 6) is 0.600. The lowest BCUT2D eigenvalue weighted by atomic mass is 10.1. The summed E-state index contributed by atoms with van der Waals surface area (Å²) in [6, 6.07) is 20.9. The van der Waals surface area contributed by atoms with Gasteiger partial charge in [0.15, 0.2) is 0 Å². The molecule has 30 heavy (non-hydrogen) atoms. The largest absolute Gasteiger partial charge is 0.288 e. The van der Waals surface area contributed by atoms with Gasteiger partial charge in [-0.2, -0.15) is 4.31 Å². The molecule has 0 spiro atoms. The van der Waals surface area contributed by atoms with Gasteiger partial charge >= 0.3 is 0 Å². The molecule has 3 aromatic carbocycles. The predicted molar refractivity (Wildman–Crippen MR) is 119 cm³/mol. The molecule has 1 saturated heterocycles. The van der Waals surface area contributed by atoms with E-state index < -0.39 is 20.3 Å². The van der Waals surface area contributed by atoms with Crippen LogP contribution in [0.5, 0.6) is 0 Å². The molecule has 0 N–H and O–H groups in total. The number of halogens is 1. The Morgan fingerprint density at radius 1 is 1.00 bits per heavy atom. The zero-order valence-corrected chi connectivity index (χ0v) is 18.0. The quantitative estimate of drug-likeness (QED) is 0.378. The summed E-state index contributed by atoms with van der Waals surface area (Å²) in [5.41, 5.74) is 2.24. The number of nitro groups is 1. The summed E-state index contributed by atoms with van der Waals surface area (Å²) in [4.78, 5) is 10.8. The minimum Gasteiger partial charge on any atom is -0.258 e. The molecule has 1 aliphatic heterocycles. The van der Waals surface area contributed by atoms with E-state index in [1.54, 1.807) is 30.3 Å². The third-order valence-electron chi connectivity index (χ3n) is 4.87. The van der Waals surface area contributed by atoms with Crippen molar-refractivity contribution in [2.45, 2.75) is 10.3 Å². The second-order valence-electron chi connectivity index (χ2n) is 6.70. The highest BCUT2D eigenvalue weighted by Crippen LogP contribution is 2.43. The first kappa shape index (κ1) is 20.9. The average Bonchev–Trinajstić information content (AvgIpc) is 3.25. The van der Waals surface area contributed by atoms with Crippen molar-refractivity contribution in [1.29, 1.82) is 0 Å². The minimum absolute atomic E-state index is 0.0256. The fourth-order valence-corrected chi connectivity index (χ4v) is 6.79. The SMILES string of the molecule is O=[N+]([O-])c1cc(C2SCCN2S(=O)(=O)c2ccc(-c3ccccc3)cc2)ccc1Cl. The van der Waals surface area contributed by atoms with Crippen LogP contribution in [-0.2, 0) is 10.0 Å². The van der Waals surface area contributed by atoms with E-state index in [1.165, 1.54) is 28.2 Å². The van der Waals surface area contributed by atoms with Gasteiger partial charge in [0.1, 0.15) is 5.02 Å². The molecule has 0 radical (unpaired) electrons. The van der Waals surface area contributed by atoms with Crippen molar-refractivity contribution in [2.24, 2.45) is 0 Å². The van der Waals surface area contributed by atoms with Crippen molar-refractivity contribution in [2.75, 3.05) is 12.3 Å². The van der Waals surface area contributed by atoms with Crippen LogP contribution < -0.4 is 0 Å². The summed E-state index contributed by atoms with van der Waals surface area (Å²) >= 11 is 7.34. The fraction of sp³-hybridized carbons (Fsp3) is 0.143. The molecule has 9 heteroatoms. The molecule has 0 aliphatic carbocycles. The normalized spacial score (nSPS) is 17.2. The molecule has 1 heterocycles. The zero-order chi connectivity index (χ0) is 21.3. The van der Waals surface area contributed by atoms with E-state index >= 15 is 0 Å². The Kier molecular flexibility index (Phi) is 5.84. The topological polar surface area (TPSA) is 80.5 Å². The molecule has 1 unspecified atom stereocenters. The highest BCUT2D eigenvalue weighted by atomic mass is 35.5. The lowest BCUT2D eigenvalue weighted by Gasteiger charge is -2.23. The third kappa shape index (κ3) is 3.96. The van der Waals surface area contributed by atoms with E-state index in [0.717, 1.165) is 11.1 Å². The van der Waals surface area contributed by atoms with Crippen molar-refractivity contribution in [3.05, 3.63) is 93.5 Å². The van der Waals surface area contributed by atoms with Crippen LogP contribution in [0.4, 0.5) is 5.69 Å². The number of thioether (sulfide) groups is 1. The van der Waals surface area contributed by atoms with Gasteiger partial charge in [-0.25, -0.2) is 8.42 Å². The molecule has 154 valence electrons. The third-order valence-corrected chi connectivity index (χ3v) is 8.46. The Hall–Kier alpha value is -2.39. The highest BCUT2D eigenvalue weighted by Gasteiger charge is 2.37. The van der Waals surface area contributed by atoms with E-state index in [1.807, 2.05) is 30.3 Å². The molecule has 4 rings (SSSR count). The Labute approximate surface area is 183 Å². The Morgan fingerprint density at radius 2 is 1.67 bits per heavy atom. The molecular formula is C21H17ClN2O4S2. The number of sulfonamides is 1. The first-order chi connectivity index (χ1) is 14.4. The van der Waals surface area contributed by atoms with Crippen LogP contribution in [0.3, 0.4) is 0 Å². The number of hydrogen-bond acceptors (Lipinski definition) is 5. The standard InChI is InChI=1S/C21H17ClN2O4S2/c22-19-11-8-17(14-20(19)24(25)26)21-23(12-13-29-21)30(27,28)18-9-6-16(7-10-18)15-4-2-1-3-5-15/h1-11,14,21H,12-13H2. The van der Waals surface area contributed by atoms with Crippen LogP contribution in [0.25, 0.3) is 11.1 Å². The van der Waals surface area contributed by atoms with Crippen molar-refractivity contribution < 1.29 is 13.3 Å². The van der Waals surface area contributed by atoms with Crippen LogP contribution in [0.2, 0.25) is 5.02 Å². The zero-order valence-electron chi connectivity index (χ0n) is 15.6. The number of benzene rings is 3. The summed E-state index contributed by atoms with van der Waals surface area (Å²) in [5, 5.41) is 10.7. The molecule has 0 aromatic heterocycles. The maximum atomic E-state index is 13.3. The molecule has 6 nitrogen and oxygen atoms in total. The molecule has 3 aromatic rings. The van der Waals surface area contributed by atoms with Gasteiger partial charge in [0, 0.05) is 18.4 Å². The molecule has 0 saturated carbocycles. The molecule has 1 aliphatic rings. The van der Waals surface area contributed by atoms with Crippen LogP contribution in [-0.4, -0.2) is 29.9 Å². The Bertz CT molecular complexity index is 1190. The molecule has 1 fully saturated rings. The molecule has 1 atom stereocenters. The van der Waals surface area contributed by atoms with E-state index in [4.69, 9.17) is 11.6 Å². The van der Waals surface area contributed by atoms with Crippen LogP contribution >= 0.6 is 23.4 Å². The van der Waals surface area contributed by atoms with Crippen molar-refractivity contribution in [3.8, 4) is 11.1 Å². The molecule has 0 amide bonds. The Balaban J connectivity index is 1.65. The summed E-state index contributed by atoms with van der Waals surface area (Å²) in [6.07, 6.45) is 0. The molecule has 0 bridgehead atoms. The van der Waals surface area contributed by atoms with Crippen molar-refractivity contribution in [3.63, 3.8) is 0 Å². The van der Waals surface area contributed by atoms with E-state index in [0.29, 0.717) is 17.9 Å². The van der Waals surface area contributed by atoms with E-state index in [9.17, 15) is 18.5 Å². The maximum Gasteiger partial charge on any atom is 0.288 e. The van der Waals surface area contributed by atoms with Crippen LogP contribution in [0.15, 0.2) is 77.7 Å². The molecular weight excluding hydrogens is 444 g/mol. The lowest BCUT2D eigenvalue weighted by Crippen LogP contribution is -2.30. The van der Waals surface area contributed by atoms with Gasteiger partial charge in [-0.15, -0.1) is 11.8 Å². The van der Waals surface area contributed by atoms with E-state index in [2.05, 4.69) is 0 Å². The summed E-state index contributed by atoms with van der Waals surface area (Å²) in [7, 11) is -3.77. The van der Waals surface area contributed by atoms with Crippen molar-refractivity contribution in [1.82, 2.24) is 4.31 Å². The second-order valence-corrected chi connectivity index (χ2v) is 10.2. The second kappa shape index (κ2) is 8.39. The van der Waals surface area contributed by atoms with E-state index in [-0.39, 0.29) is 15.6 Å². The van der Waals surface area contributed by atoms with Gasteiger partial charge < -0.3 is 0 Å². The van der Waals surface area contributed by atoms with Crippen LogP contribution in [0.1, 0.15) is 10.9 Å². The Morgan fingerprint density at radius 3 is 2.33 bits per heavy atom. The first-order valence-corrected chi connectivity index (χ1v) is 12.0. The minimum atomic E-state index is -3.77. The van der Waals surface area contributed by atoms with Gasteiger partial charge in [-0.3, -0.25) is 10.1 Å². The summed E-state index contributed by atoms with van der Waals surface area (Å²) in [6.45, 7) is 0.328. The highest BCUT2D eigenvalue weighted by molar-refractivity contribution is 8.01. The van der Waals surface area contributed by atoms with Crippen LogP contribution in [0, 0.1) is 10.1 Å². The van der Waals surface area contributed by atoms with Gasteiger partial charge in [-0.05, 0) is 34.9 Å². The maximum absolute atomic E-state index is 13.3. The number of nitrogens with zero attached hydrogens (tertiary/aromatic N) is 2. The van der Waals surface area contributed by atoms with Crippen molar-refractivity contribution >= 4 is 39.1 Å². The average molecular weight is 461 g/mol. The number of nitro benzene ring substituents is 1. The van der Waals surface area contributed by atoms with Gasteiger partial charge in [0.25, 0.3) is 5.69 Å². The first-order valence-electron chi connectivity index (χ1n) is 9.11. The smallest absolute Gasteiger partial charge is 0.258 e.